The van der Waals surface area contributed by atoms with Crippen LogP contribution in [0, 0.1) is 0 Å². The number of nitrogens with zero attached hydrogens (tertiary/aromatic N) is 2. The van der Waals surface area contributed by atoms with E-state index in [4.69, 9.17) is 22.1 Å². The first-order valence-electron chi connectivity index (χ1n) is 6.98. The van der Waals surface area contributed by atoms with Crippen LogP contribution in [-0.4, -0.2) is 21.6 Å². The van der Waals surface area contributed by atoms with Gasteiger partial charge in [-0.3, -0.25) is 4.79 Å². The number of hydrogen-bond donors (Lipinski definition) is 1. The van der Waals surface area contributed by atoms with Gasteiger partial charge in [0.05, 0.1) is 17.0 Å². The summed E-state index contributed by atoms with van der Waals surface area (Å²) >= 11 is 6.21. The summed E-state index contributed by atoms with van der Waals surface area (Å²) in [5.41, 5.74) is 6.91. The van der Waals surface area contributed by atoms with Crippen molar-refractivity contribution in [3.63, 3.8) is 0 Å². The lowest BCUT2D eigenvalue weighted by Crippen LogP contribution is -2.15. The van der Waals surface area contributed by atoms with E-state index in [-0.39, 0.29) is 23.8 Å². The molecule has 6 heteroatoms. The van der Waals surface area contributed by atoms with Crippen molar-refractivity contribution in [3.05, 3.63) is 24.0 Å². The Balaban J connectivity index is 2.53. The average molecular weight is 310 g/mol. The number of hydrogen-bond acceptors (Lipinski definition) is 3. The van der Waals surface area contributed by atoms with Crippen molar-refractivity contribution in [2.45, 2.75) is 45.2 Å². The van der Waals surface area contributed by atoms with Crippen LogP contribution in [-0.2, 0) is 11.3 Å². The van der Waals surface area contributed by atoms with Crippen molar-refractivity contribution in [1.82, 2.24) is 9.55 Å². The molecular weight excluding hydrogens is 290 g/mol. The van der Waals surface area contributed by atoms with Gasteiger partial charge in [0.15, 0.2) is 0 Å². The van der Waals surface area contributed by atoms with Crippen molar-refractivity contribution in [3.8, 4) is 5.75 Å². The van der Waals surface area contributed by atoms with Crippen LogP contribution in [0.5, 0.6) is 5.75 Å². The minimum absolute atomic E-state index is 0.0586. The Hall–Kier alpha value is -1.75. The zero-order chi connectivity index (χ0) is 15.6. The maximum atomic E-state index is 11.1. The van der Waals surface area contributed by atoms with E-state index in [0.717, 1.165) is 16.8 Å². The predicted octanol–water partition coefficient (Wildman–Crippen LogP) is 3.00. The molecule has 1 atom stereocenters. The van der Waals surface area contributed by atoms with Gasteiger partial charge in [-0.05, 0) is 32.9 Å². The fraction of sp³-hybridized carbons (Fsp3) is 0.467. The second-order valence-corrected chi connectivity index (χ2v) is 5.90. The number of alkyl halides is 1. The predicted molar refractivity (Wildman–Crippen MR) is 83.6 cm³/mol. The zero-order valence-corrected chi connectivity index (χ0v) is 13.2. The maximum Gasteiger partial charge on any atom is 0.219 e. The Kier molecular flexibility index (Phi) is 4.73. The quantitative estimate of drug-likeness (QED) is 0.834. The fourth-order valence-corrected chi connectivity index (χ4v) is 2.42. The Bertz CT molecular complexity index is 650. The van der Waals surface area contributed by atoms with Crippen molar-refractivity contribution in [2.24, 2.45) is 5.73 Å². The van der Waals surface area contributed by atoms with E-state index in [1.807, 2.05) is 43.5 Å². The standard InChI is InChI=1S/C15H20ClN3O2/c1-9(2)21-12-6-4-5-11-14(12)18-15(10(3)16)19(11)8-7-13(17)20/h4-6,9-10H,7-8H2,1-3H3,(H2,17,20). The van der Waals surface area contributed by atoms with E-state index in [9.17, 15) is 4.79 Å². The molecule has 1 aromatic carbocycles. The zero-order valence-electron chi connectivity index (χ0n) is 12.5. The second-order valence-electron chi connectivity index (χ2n) is 5.24. The molecule has 2 N–H and O–H groups in total. The van der Waals surface area contributed by atoms with Gasteiger partial charge in [0.2, 0.25) is 5.91 Å². The first-order valence-corrected chi connectivity index (χ1v) is 7.42. The number of rotatable bonds is 6. The summed E-state index contributed by atoms with van der Waals surface area (Å²) in [6.07, 6.45) is 0.306. The summed E-state index contributed by atoms with van der Waals surface area (Å²) in [5.74, 6) is 1.09. The summed E-state index contributed by atoms with van der Waals surface area (Å²) < 4.78 is 7.73. The molecule has 1 aromatic heterocycles. The smallest absolute Gasteiger partial charge is 0.219 e. The van der Waals surface area contributed by atoms with E-state index in [0.29, 0.717) is 12.4 Å². The number of benzene rings is 1. The number of nitrogens with two attached hydrogens (primary N) is 1. The molecular formula is C15H20ClN3O2. The second kappa shape index (κ2) is 6.35. The van der Waals surface area contributed by atoms with Gasteiger partial charge in [0, 0.05) is 13.0 Å². The average Bonchev–Trinajstić information content (AvgIpc) is 2.75. The highest BCUT2D eigenvalue weighted by Gasteiger charge is 2.18. The molecule has 5 nitrogen and oxygen atoms in total. The van der Waals surface area contributed by atoms with Crippen LogP contribution in [0.4, 0.5) is 0 Å². The minimum atomic E-state index is -0.348. The van der Waals surface area contributed by atoms with E-state index >= 15 is 0 Å². The van der Waals surface area contributed by atoms with Crippen LogP contribution < -0.4 is 10.5 Å². The third kappa shape index (κ3) is 3.47. The van der Waals surface area contributed by atoms with E-state index in [1.54, 1.807) is 0 Å². The molecule has 0 saturated heterocycles. The minimum Gasteiger partial charge on any atom is -0.489 e. The molecule has 2 aromatic rings. The summed E-state index contributed by atoms with van der Waals surface area (Å²) in [5, 5.41) is -0.267. The topological polar surface area (TPSA) is 70.1 Å². The number of carbonyl (C=O) groups is 1. The van der Waals surface area contributed by atoms with Crippen LogP contribution in [0.15, 0.2) is 18.2 Å². The number of halogens is 1. The first kappa shape index (κ1) is 15.6. The van der Waals surface area contributed by atoms with Crippen LogP contribution in [0.2, 0.25) is 0 Å². The number of para-hydroxylation sites is 1. The van der Waals surface area contributed by atoms with Gasteiger partial charge in [0.1, 0.15) is 17.1 Å². The maximum absolute atomic E-state index is 11.1. The van der Waals surface area contributed by atoms with Gasteiger partial charge in [0.25, 0.3) is 0 Å². The number of aromatic nitrogens is 2. The summed E-state index contributed by atoms with van der Waals surface area (Å²) in [6.45, 7) is 6.25. The highest BCUT2D eigenvalue weighted by atomic mass is 35.5. The molecule has 0 saturated carbocycles. The van der Waals surface area contributed by atoms with Gasteiger partial charge in [-0.2, -0.15) is 0 Å². The number of amides is 1. The van der Waals surface area contributed by atoms with Gasteiger partial charge in [-0.1, -0.05) is 6.07 Å². The summed E-state index contributed by atoms with van der Waals surface area (Å²) in [4.78, 5) is 15.7. The third-order valence-electron chi connectivity index (χ3n) is 3.07. The van der Waals surface area contributed by atoms with Crippen LogP contribution in [0.1, 0.15) is 38.4 Å². The monoisotopic (exact) mass is 309 g/mol. The molecule has 0 spiro atoms. The van der Waals surface area contributed by atoms with E-state index in [1.165, 1.54) is 0 Å². The Morgan fingerprint density at radius 1 is 1.43 bits per heavy atom. The van der Waals surface area contributed by atoms with Crippen LogP contribution in [0.25, 0.3) is 11.0 Å². The summed E-state index contributed by atoms with van der Waals surface area (Å²) in [6, 6.07) is 5.74. The van der Waals surface area contributed by atoms with Gasteiger partial charge in [-0.25, -0.2) is 4.98 Å². The number of imidazole rings is 1. The molecule has 114 valence electrons. The molecule has 21 heavy (non-hydrogen) atoms. The number of ether oxygens (including phenoxy) is 1. The molecule has 0 fully saturated rings. The number of carbonyl (C=O) groups excluding carboxylic acids is 1. The van der Waals surface area contributed by atoms with Crippen LogP contribution >= 0.6 is 11.6 Å². The largest absolute Gasteiger partial charge is 0.489 e. The van der Waals surface area contributed by atoms with Crippen molar-refractivity contribution >= 4 is 28.5 Å². The molecule has 2 rings (SSSR count). The van der Waals surface area contributed by atoms with Gasteiger partial charge >= 0.3 is 0 Å². The molecule has 1 amide bonds. The lowest BCUT2D eigenvalue weighted by atomic mass is 10.2. The fourth-order valence-electron chi connectivity index (χ4n) is 2.25. The van der Waals surface area contributed by atoms with Gasteiger partial charge in [-0.15, -0.1) is 11.6 Å². The molecule has 1 unspecified atom stereocenters. The third-order valence-corrected chi connectivity index (χ3v) is 3.27. The van der Waals surface area contributed by atoms with E-state index in [2.05, 4.69) is 4.98 Å². The lowest BCUT2D eigenvalue weighted by Gasteiger charge is -2.11. The number of fused-ring (bicyclic) bond motifs is 1. The molecule has 0 aliphatic carbocycles. The van der Waals surface area contributed by atoms with Crippen LogP contribution in [0.3, 0.4) is 0 Å². The molecule has 0 aliphatic rings. The Labute approximate surface area is 129 Å². The molecule has 0 bridgehead atoms. The normalized spacial score (nSPS) is 12.8. The van der Waals surface area contributed by atoms with Crippen molar-refractivity contribution in [1.29, 1.82) is 0 Å². The SMILES string of the molecule is CC(C)Oc1cccc2c1nc(C(C)Cl)n2CCC(N)=O. The Morgan fingerprint density at radius 2 is 2.14 bits per heavy atom. The summed E-state index contributed by atoms with van der Waals surface area (Å²) in [7, 11) is 0. The van der Waals surface area contributed by atoms with Crippen molar-refractivity contribution in [2.75, 3.05) is 0 Å². The first-order chi connectivity index (χ1) is 9.90. The molecule has 0 aliphatic heterocycles. The molecule has 1 heterocycles. The lowest BCUT2D eigenvalue weighted by molar-refractivity contribution is -0.118. The van der Waals surface area contributed by atoms with Crippen molar-refractivity contribution < 1.29 is 9.53 Å². The Morgan fingerprint density at radius 3 is 2.71 bits per heavy atom. The molecule has 0 radical (unpaired) electrons. The van der Waals surface area contributed by atoms with E-state index < -0.39 is 0 Å². The number of primary amides is 1. The highest BCUT2D eigenvalue weighted by molar-refractivity contribution is 6.20. The van der Waals surface area contributed by atoms with Gasteiger partial charge < -0.3 is 15.0 Å². The highest BCUT2D eigenvalue weighted by Crippen LogP contribution is 2.30. The number of aryl methyl sites for hydroxylation is 1.